The van der Waals surface area contributed by atoms with Crippen molar-refractivity contribution in [3.8, 4) is 0 Å². The molecule has 0 aromatic heterocycles. The average molecular weight is 379 g/mol. The lowest BCUT2D eigenvalue weighted by molar-refractivity contribution is -0.260. The van der Waals surface area contributed by atoms with E-state index in [-0.39, 0.29) is 24.0 Å². The SMILES string of the molecule is C[C@]1(ON2C(=O)CC(c3ccccc3)C2C(=O)c2ccccc2)CCCOC1. The number of rotatable bonds is 5. The maximum absolute atomic E-state index is 13.4. The summed E-state index contributed by atoms with van der Waals surface area (Å²) < 4.78 is 5.57. The third-order valence-corrected chi connectivity index (χ3v) is 5.55. The van der Waals surface area contributed by atoms with Gasteiger partial charge in [0.15, 0.2) is 5.78 Å². The standard InChI is InChI=1S/C23H25NO4/c1-23(13-8-14-27-16-23)28-24-20(25)15-19(17-9-4-2-5-10-17)21(24)22(26)18-11-6-3-7-12-18/h2-7,9-12,19,21H,8,13-16H2,1H3/t19?,21?,23-/m0/s1. The third-order valence-electron chi connectivity index (χ3n) is 5.55. The summed E-state index contributed by atoms with van der Waals surface area (Å²) in [5, 5.41) is 1.34. The van der Waals surface area contributed by atoms with E-state index in [0.717, 1.165) is 18.4 Å². The number of hydroxylamine groups is 2. The van der Waals surface area contributed by atoms with Crippen LogP contribution in [0.3, 0.4) is 0 Å². The van der Waals surface area contributed by atoms with Gasteiger partial charge in [-0.3, -0.25) is 14.4 Å². The molecular formula is C23H25NO4. The molecule has 2 heterocycles. The molecule has 28 heavy (non-hydrogen) atoms. The second-order valence-electron chi connectivity index (χ2n) is 7.81. The predicted molar refractivity (Wildman–Crippen MR) is 105 cm³/mol. The first-order valence-corrected chi connectivity index (χ1v) is 9.81. The number of ketones is 1. The first-order valence-electron chi connectivity index (χ1n) is 9.81. The Morgan fingerprint density at radius 1 is 1.11 bits per heavy atom. The van der Waals surface area contributed by atoms with E-state index in [0.29, 0.717) is 18.8 Å². The molecule has 2 fully saturated rings. The number of carbonyl (C=O) groups excluding carboxylic acids is 2. The van der Waals surface area contributed by atoms with Crippen LogP contribution in [-0.2, 0) is 14.4 Å². The number of benzene rings is 2. The maximum Gasteiger partial charge on any atom is 0.247 e. The van der Waals surface area contributed by atoms with Gasteiger partial charge in [0, 0.05) is 24.5 Å². The van der Waals surface area contributed by atoms with E-state index in [1.807, 2.05) is 55.5 Å². The van der Waals surface area contributed by atoms with E-state index in [1.54, 1.807) is 12.1 Å². The van der Waals surface area contributed by atoms with Crippen LogP contribution in [0.1, 0.15) is 48.0 Å². The largest absolute Gasteiger partial charge is 0.378 e. The van der Waals surface area contributed by atoms with Gasteiger partial charge >= 0.3 is 0 Å². The lowest BCUT2D eigenvalue weighted by Gasteiger charge is -2.38. The lowest BCUT2D eigenvalue weighted by atomic mass is 9.87. The molecule has 2 aliphatic heterocycles. The van der Waals surface area contributed by atoms with Gasteiger partial charge in [0.2, 0.25) is 5.91 Å². The van der Waals surface area contributed by atoms with Crippen molar-refractivity contribution in [3.05, 3.63) is 71.8 Å². The fourth-order valence-corrected chi connectivity index (χ4v) is 4.10. The van der Waals surface area contributed by atoms with Gasteiger partial charge in [-0.1, -0.05) is 60.7 Å². The van der Waals surface area contributed by atoms with Gasteiger partial charge < -0.3 is 4.74 Å². The fourth-order valence-electron chi connectivity index (χ4n) is 4.10. The first kappa shape index (κ1) is 18.8. The van der Waals surface area contributed by atoms with Gasteiger partial charge in [0.25, 0.3) is 0 Å². The number of hydrogen-bond acceptors (Lipinski definition) is 4. The Morgan fingerprint density at radius 3 is 2.43 bits per heavy atom. The Hall–Kier alpha value is -2.50. The first-order chi connectivity index (χ1) is 13.6. The molecular weight excluding hydrogens is 354 g/mol. The Morgan fingerprint density at radius 2 is 1.79 bits per heavy atom. The van der Waals surface area contributed by atoms with Gasteiger partial charge in [0.05, 0.1) is 6.61 Å². The van der Waals surface area contributed by atoms with Crippen LogP contribution in [-0.4, -0.2) is 41.6 Å². The van der Waals surface area contributed by atoms with Crippen LogP contribution in [0.15, 0.2) is 60.7 Å². The fraction of sp³-hybridized carbons (Fsp3) is 0.391. The van der Waals surface area contributed by atoms with E-state index < -0.39 is 11.6 Å². The molecule has 5 nitrogen and oxygen atoms in total. The predicted octanol–water partition coefficient (Wildman–Crippen LogP) is 3.75. The van der Waals surface area contributed by atoms with Gasteiger partial charge in [-0.05, 0) is 25.3 Å². The van der Waals surface area contributed by atoms with E-state index >= 15 is 0 Å². The molecule has 0 saturated carbocycles. The zero-order valence-corrected chi connectivity index (χ0v) is 16.0. The van der Waals surface area contributed by atoms with Crippen molar-refractivity contribution >= 4 is 11.7 Å². The van der Waals surface area contributed by atoms with E-state index in [9.17, 15) is 9.59 Å². The second-order valence-corrected chi connectivity index (χ2v) is 7.81. The summed E-state index contributed by atoms with van der Waals surface area (Å²) in [4.78, 5) is 32.6. The molecule has 2 aromatic carbocycles. The zero-order valence-electron chi connectivity index (χ0n) is 16.0. The van der Waals surface area contributed by atoms with Crippen LogP contribution < -0.4 is 0 Å². The van der Waals surface area contributed by atoms with Crippen LogP contribution in [0.2, 0.25) is 0 Å². The topological polar surface area (TPSA) is 55.8 Å². The minimum Gasteiger partial charge on any atom is -0.378 e. The minimum absolute atomic E-state index is 0.0966. The molecule has 0 bridgehead atoms. The molecule has 2 aromatic rings. The summed E-state index contributed by atoms with van der Waals surface area (Å²) in [5.74, 6) is -0.495. The number of Topliss-reactive ketones (excluding diaryl/α,β-unsaturated/α-hetero) is 1. The zero-order chi connectivity index (χ0) is 19.6. The third kappa shape index (κ3) is 3.73. The highest BCUT2D eigenvalue weighted by molar-refractivity contribution is 6.04. The second kappa shape index (κ2) is 7.86. The van der Waals surface area contributed by atoms with Crippen molar-refractivity contribution in [1.29, 1.82) is 0 Å². The molecule has 0 radical (unpaired) electrons. The van der Waals surface area contributed by atoms with Crippen LogP contribution in [0.25, 0.3) is 0 Å². The molecule has 2 saturated heterocycles. The molecule has 0 N–H and O–H groups in total. The molecule has 5 heteroatoms. The van der Waals surface area contributed by atoms with Gasteiger partial charge in [-0.15, -0.1) is 0 Å². The Kier molecular flexibility index (Phi) is 5.29. The van der Waals surface area contributed by atoms with Crippen LogP contribution >= 0.6 is 0 Å². The van der Waals surface area contributed by atoms with Crippen molar-refractivity contribution in [1.82, 2.24) is 5.06 Å². The molecule has 146 valence electrons. The maximum atomic E-state index is 13.4. The number of ether oxygens (including phenoxy) is 1. The molecule has 3 atom stereocenters. The van der Waals surface area contributed by atoms with Crippen molar-refractivity contribution in [2.24, 2.45) is 0 Å². The highest BCUT2D eigenvalue weighted by Crippen LogP contribution is 2.39. The quantitative estimate of drug-likeness (QED) is 0.743. The van der Waals surface area contributed by atoms with Crippen molar-refractivity contribution < 1.29 is 19.2 Å². The summed E-state index contributed by atoms with van der Waals surface area (Å²) in [6.07, 6.45) is 1.92. The molecule has 2 unspecified atom stereocenters. The van der Waals surface area contributed by atoms with Crippen LogP contribution in [0.5, 0.6) is 0 Å². The monoisotopic (exact) mass is 379 g/mol. The summed E-state index contributed by atoms with van der Waals surface area (Å²) in [7, 11) is 0. The number of carbonyl (C=O) groups is 2. The highest BCUT2D eigenvalue weighted by atomic mass is 16.7. The van der Waals surface area contributed by atoms with Crippen molar-refractivity contribution in [3.63, 3.8) is 0 Å². The number of amides is 1. The molecule has 0 aliphatic carbocycles. The summed E-state index contributed by atoms with van der Waals surface area (Å²) in [6.45, 7) is 3.06. The van der Waals surface area contributed by atoms with E-state index in [1.165, 1.54) is 5.06 Å². The highest BCUT2D eigenvalue weighted by Gasteiger charge is 2.48. The van der Waals surface area contributed by atoms with Gasteiger partial charge in [0.1, 0.15) is 11.6 Å². The average Bonchev–Trinajstić information content (AvgIpc) is 3.05. The molecule has 1 amide bonds. The smallest absolute Gasteiger partial charge is 0.247 e. The van der Waals surface area contributed by atoms with Gasteiger partial charge in [-0.2, -0.15) is 0 Å². The lowest BCUT2D eigenvalue weighted by Crippen LogP contribution is -2.49. The molecule has 4 rings (SSSR count). The summed E-state index contributed by atoms with van der Waals surface area (Å²) in [6, 6.07) is 18.2. The minimum atomic E-state index is -0.684. The summed E-state index contributed by atoms with van der Waals surface area (Å²) in [5.41, 5.74) is 0.956. The van der Waals surface area contributed by atoms with Crippen molar-refractivity contribution in [2.45, 2.75) is 43.7 Å². The van der Waals surface area contributed by atoms with Gasteiger partial charge in [-0.25, -0.2) is 5.06 Å². The van der Waals surface area contributed by atoms with E-state index in [2.05, 4.69) is 0 Å². The van der Waals surface area contributed by atoms with Crippen LogP contribution in [0.4, 0.5) is 0 Å². The Balaban J connectivity index is 1.68. The Labute approximate surface area is 165 Å². The summed E-state index contributed by atoms with van der Waals surface area (Å²) >= 11 is 0. The molecule has 2 aliphatic rings. The van der Waals surface area contributed by atoms with Crippen molar-refractivity contribution in [2.75, 3.05) is 13.2 Å². The normalized spacial score (nSPS) is 27.8. The Bertz CT molecular complexity index is 830. The van der Waals surface area contributed by atoms with Crippen LogP contribution in [0, 0.1) is 0 Å². The number of nitrogens with zero attached hydrogens (tertiary/aromatic N) is 1. The van der Waals surface area contributed by atoms with E-state index in [4.69, 9.17) is 9.57 Å². The molecule has 0 spiro atoms. The number of hydrogen-bond donors (Lipinski definition) is 0.